The predicted molar refractivity (Wildman–Crippen MR) is 122 cm³/mol. The first-order chi connectivity index (χ1) is 15.1. The Morgan fingerprint density at radius 1 is 0.875 bits per heavy atom. The first-order valence-electron chi connectivity index (χ1n) is 9.56. The first-order valence-corrected chi connectivity index (χ1v) is 12.4. The zero-order valence-corrected chi connectivity index (χ0v) is 19.4. The van der Waals surface area contributed by atoms with Crippen molar-refractivity contribution < 1.29 is 18.0 Å². The van der Waals surface area contributed by atoms with Crippen LogP contribution in [0, 0.1) is 13.8 Å². The van der Waals surface area contributed by atoms with Gasteiger partial charge in [-0.3, -0.25) is 20.4 Å². The lowest BCUT2D eigenvalue weighted by atomic mass is 10.1. The molecule has 0 aliphatic carbocycles. The second-order valence-electron chi connectivity index (χ2n) is 7.13. The van der Waals surface area contributed by atoms with Crippen LogP contribution in [0.4, 0.5) is 0 Å². The quantitative estimate of drug-likeness (QED) is 0.323. The van der Waals surface area contributed by atoms with Crippen molar-refractivity contribution in [1.82, 2.24) is 20.8 Å². The Morgan fingerprint density at radius 3 is 2.06 bits per heavy atom. The van der Waals surface area contributed by atoms with Crippen molar-refractivity contribution in [2.75, 3.05) is 6.26 Å². The number of aryl methyl sites for hydroxylation is 2. The normalized spacial score (nSPS) is 11.1. The highest BCUT2D eigenvalue weighted by Crippen LogP contribution is 2.20. The van der Waals surface area contributed by atoms with E-state index >= 15 is 0 Å². The van der Waals surface area contributed by atoms with Gasteiger partial charge in [-0.25, -0.2) is 18.4 Å². The number of hydrazine groups is 1. The van der Waals surface area contributed by atoms with Crippen molar-refractivity contribution in [3.63, 3.8) is 0 Å². The van der Waals surface area contributed by atoms with E-state index in [1.807, 2.05) is 32.0 Å². The molecule has 0 radical (unpaired) electrons. The standard InChI is InChI=1S/C22H22N4O4S2/c1-14-11-15(2)24-22(23-14)31-13-16-7-9-17(10-8-16)20(27)25-26-21(28)18-5-4-6-19(12-18)32(3,29)30/h4-12H,13H2,1-3H3,(H,25,27)(H,26,28). The van der Waals surface area contributed by atoms with Crippen molar-refractivity contribution in [2.45, 2.75) is 29.7 Å². The molecule has 0 unspecified atom stereocenters. The van der Waals surface area contributed by atoms with Gasteiger partial charge in [0.1, 0.15) is 0 Å². The van der Waals surface area contributed by atoms with Crippen LogP contribution in [0.3, 0.4) is 0 Å². The van der Waals surface area contributed by atoms with Gasteiger partial charge in [0.25, 0.3) is 11.8 Å². The van der Waals surface area contributed by atoms with E-state index in [2.05, 4.69) is 20.8 Å². The summed E-state index contributed by atoms with van der Waals surface area (Å²) in [4.78, 5) is 33.4. The predicted octanol–water partition coefficient (Wildman–Crippen LogP) is 2.86. The topological polar surface area (TPSA) is 118 Å². The molecule has 0 saturated carbocycles. The van der Waals surface area contributed by atoms with Crippen LogP contribution >= 0.6 is 11.8 Å². The fourth-order valence-electron chi connectivity index (χ4n) is 2.78. The highest BCUT2D eigenvalue weighted by atomic mass is 32.2. The molecule has 3 rings (SSSR count). The van der Waals surface area contributed by atoms with Crippen LogP contribution in [0.25, 0.3) is 0 Å². The van der Waals surface area contributed by atoms with Crippen LogP contribution in [-0.4, -0.2) is 36.5 Å². The van der Waals surface area contributed by atoms with Gasteiger partial charge in [-0.2, -0.15) is 0 Å². The van der Waals surface area contributed by atoms with E-state index in [9.17, 15) is 18.0 Å². The Balaban J connectivity index is 1.56. The molecule has 0 aliphatic heterocycles. The highest BCUT2D eigenvalue weighted by molar-refractivity contribution is 7.98. The molecular formula is C22H22N4O4S2. The Hall–Kier alpha value is -3.24. The average Bonchev–Trinajstić information content (AvgIpc) is 2.75. The third kappa shape index (κ3) is 6.38. The van der Waals surface area contributed by atoms with Crippen molar-refractivity contribution in [3.8, 4) is 0 Å². The van der Waals surface area contributed by atoms with Gasteiger partial charge in [-0.1, -0.05) is 30.0 Å². The van der Waals surface area contributed by atoms with Crippen LogP contribution in [0.1, 0.15) is 37.7 Å². The van der Waals surface area contributed by atoms with Crippen LogP contribution < -0.4 is 10.9 Å². The van der Waals surface area contributed by atoms with Crippen LogP contribution in [0.2, 0.25) is 0 Å². The number of carbonyl (C=O) groups is 2. The number of hydrogen-bond donors (Lipinski definition) is 2. The summed E-state index contributed by atoms with van der Waals surface area (Å²) in [5.74, 6) is -0.460. The summed E-state index contributed by atoms with van der Waals surface area (Å²) in [6, 6.07) is 14.4. The molecule has 0 atom stereocenters. The molecule has 3 aromatic rings. The molecule has 0 fully saturated rings. The van der Waals surface area contributed by atoms with Crippen LogP contribution in [0.5, 0.6) is 0 Å². The molecule has 0 spiro atoms. The lowest BCUT2D eigenvalue weighted by Crippen LogP contribution is -2.41. The van der Waals surface area contributed by atoms with E-state index in [-0.39, 0.29) is 10.5 Å². The second kappa shape index (κ2) is 9.92. The maximum Gasteiger partial charge on any atom is 0.269 e. The maximum absolute atomic E-state index is 12.3. The van der Waals surface area contributed by atoms with Gasteiger partial charge in [0.05, 0.1) is 4.90 Å². The molecule has 2 N–H and O–H groups in total. The van der Waals surface area contributed by atoms with E-state index in [4.69, 9.17) is 0 Å². The Morgan fingerprint density at radius 2 is 1.47 bits per heavy atom. The van der Waals surface area contributed by atoms with Gasteiger partial charge in [-0.05, 0) is 55.8 Å². The fraction of sp³-hybridized carbons (Fsp3) is 0.182. The Labute approximate surface area is 190 Å². The summed E-state index contributed by atoms with van der Waals surface area (Å²) in [5, 5.41) is 0.701. The molecule has 10 heteroatoms. The monoisotopic (exact) mass is 470 g/mol. The minimum absolute atomic E-state index is 0.0242. The van der Waals surface area contributed by atoms with E-state index in [1.165, 1.54) is 36.0 Å². The molecule has 0 saturated heterocycles. The van der Waals surface area contributed by atoms with Crippen LogP contribution in [-0.2, 0) is 15.6 Å². The largest absolute Gasteiger partial charge is 0.269 e. The number of hydrogen-bond acceptors (Lipinski definition) is 7. The van der Waals surface area contributed by atoms with Gasteiger partial charge in [0, 0.05) is 34.5 Å². The number of rotatable bonds is 6. The molecule has 0 aliphatic rings. The number of nitrogens with one attached hydrogen (secondary N) is 2. The SMILES string of the molecule is Cc1cc(C)nc(SCc2ccc(C(=O)NNC(=O)c3cccc(S(C)(=O)=O)c3)cc2)n1. The van der Waals surface area contributed by atoms with Crippen molar-refractivity contribution in [1.29, 1.82) is 0 Å². The van der Waals surface area contributed by atoms with Gasteiger partial charge in [0.15, 0.2) is 15.0 Å². The minimum atomic E-state index is -3.44. The zero-order chi connectivity index (χ0) is 23.3. The summed E-state index contributed by atoms with van der Waals surface area (Å²) in [6.07, 6.45) is 1.06. The summed E-state index contributed by atoms with van der Waals surface area (Å²) < 4.78 is 23.3. The third-order valence-corrected chi connectivity index (χ3v) is 6.39. The molecule has 32 heavy (non-hydrogen) atoms. The molecule has 166 valence electrons. The lowest BCUT2D eigenvalue weighted by Gasteiger charge is -2.09. The minimum Gasteiger partial charge on any atom is -0.267 e. The molecule has 2 amide bonds. The van der Waals surface area contributed by atoms with E-state index in [1.54, 1.807) is 12.1 Å². The summed E-state index contributed by atoms with van der Waals surface area (Å²) in [6.45, 7) is 3.85. The molecule has 1 aromatic heterocycles. The molecular weight excluding hydrogens is 448 g/mol. The number of aromatic nitrogens is 2. The molecule has 1 heterocycles. The highest BCUT2D eigenvalue weighted by Gasteiger charge is 2.13. The number of carbonyl (C=O) groups excluding carboxylic acids is 2. The fourth-order valence-corrected chi connectivity index (χ4v) is 4.36. The van der Waals surface area contributed by atoms with Gasteiger partial charge >= 0.3 is 0 Å². The van der Waals surface area contributed by atoms with Gasteiger partial charge in [0.2, 0.25) is 0 Å². The Kier molecular flexibility index (Phi) is 7.26. The number of benzene rings is 2. The van der Waals surface area contributed by atoms with Crippen molar-refractivity contribution >= 4 is 33.4 Å². The summed E-state index contributed by atoms with van der Waals surface area (Å²) in [7, 11) is -3.44. The number of sulfone groups is 1. The van der Waals surface area contributed by atoms with Crippen LogP contribution in [0.15, 0.2) is 64.6 Å². The first kappa shape index (κ1) is 23.4. The zero-order valence-electron chi connectivity index (χ0n) is 17.7. The maximum atomic E-state index is 12.3. The average molecular weight is 471 g/mol. The smallest absolute Gasteiger partial charge is 0.267 e. The summed E-state index contributed by atoms with van der Waals surface area (Å²) >= 11 is 1.51. The van der Waals surface area contributed by atoms with Crippen molar-refractivity contribution in [3.05, 3.63) is 82.7 Å². The van der Waals surface area contributed by atoms with Gasteiger partial charge < -0.3 is 0 Å². The molecule has 8 nitrogen and oxygen atoms in total. The second-order valence-corrected chi connectivity index (χ2v) is 10.1. The molecule has 2 aromatic carbocycles. The number of thioether (sulfide) groups is 1. The van der Waals surface area contributed by atoms with Crippen molar-refractivity contribution in [2.24, 2.45) is 0 Å². The number of amides is 2. The van der Waals surface area contributed by atoms with E-state index in [0.29, 0.717) is 16.5 Å². The molecule has 0 bridgehead atoms. The Bertz CT molecular complexity index is 1240. The van der Waals surface area contributed by atoms with E-state index in [0.717, 1.165) is 23.2 Å². The summed E-state index contributed by atoms with van der Waals surface area (Å²) in [5.41, 5.74) is 7.94. The van der Waals surface area contributed by atoms with E-state index < -0.39 is 21.7 Å². The third-order valence-electron chi connectivity index (χ3n) is 4.36. The van der Waals surface area contributed by atoms with Gasteiger partial charge in [-0.15, -0.1) is 0 Å². The number of nitrogens with zero attached hydrogens (tertiary/aromatic N) is 2. The lowest BCUT2D eigenvalue weighted by molar-refractivity contribution is 0.0846.